The predicted molar refractivity (Wildman–Crippen MR) is 133 cm³/mol. The van der Waals surface area contributed by atoms with Gasteiger partial charge in [0, 0.05) is 37.3 Å². The van der Waals surface area contributed by atoms with Gasteiger partial charge in [0.15, 0.2) is 0 Å². The molecule has 8 nitrogen and oxygen atoms in total. The Morgan fingerprint density at radius 1 is 0.917 bits per heavy atom. The number of amides is 1. The first-order valence-electron chi connectivity index (χ1n) is 11.4. The van der Waals surface area contributed by atoms with Crippen LogP contribution in [0.5, 0.6) is 0 Å². The van der Waals surface area contributed by atoms with Gasteiger partial charge in [-0.1, -0.05) is 35.9 Å². The second-order valence-corrected chi connectivity index (χ2v) is 12.5. The molecule has 0 N–H and O–H groups in total. The molecule has 188 valence electrons. The highest BCUT2D eigenvalue weighted by molar-refractivity contribution is 7.93. The van der Waals surface area contributed by atoms with Crippen LogP contribution < -0.4 is 4.31 Å². The third-order valence-electron chi connectivity index (χ3n) is 6.50. The minimum Gasteiger partial charge on any atom is -0.338 e. The topological polar surface area (TPSA) is 95.1 Å². The summed E-state index contributed by atoms with van der Waals surface area (Å²) in [6.07, 6.45) is 0. The Kier molecular flexibility index (Phi) is 6.09. The molecule has 0 saturated carbocycles. The Morgan fingerprint density at radius 2 is 1.58 bits per heavy atom. The summed E-state index contributed by atoms with van der Waals surface area (Å²) in [4.78, 5) is 14.8. The number of carbonyl (C=O) groups excluding carboxylic acids is 1. The summed E-state index contributed by atoms with van der Waals surface area (Å²) in [5.74, 6) is -0.972. The van der Waals surface area contributed by atoms with E-state index in [1.54, 1.807) is 42.5 Å². The van der Waals surface area contributed by atoms with Crippen molar-refractivity contribution in [2.45, 2.75) is 16.7 Å². The Morgan fingerprint density at radius 3 is 2.28 bits per heavy atom. The van der Waals surface area contributed by atoms with E-state index < -0.39 is 38.3 Å². The molecule has 0 unspecified atom stereocenters. The molecule has 3 aromatic rings. The van der Waals surface area contributed by atoms with Gasteiger partial charge in [-0.2, -0.15) is 4.31 Å². The minimum atomic E-state index is -4.06. The molecule has 1 fully saturated rings. The molecule has 0 aromatic heterocycles. The molecule has 0 spiro atoms. The van der Waals surface area contributed by atoms with Crippen LogP contribution in [0.4, 0.5) is 10.1 Å². The number of rotatable bonds is 4. The van der Waals surface area contributed by atoms with Crippen LogP contribution >= 0.6 is 0 Å². The molecule has 0 bridgehead atoms. The van der Waals surface area contributed by atoms with Crippen LogP contribution in [-0.2, 0) is 24.8 Å². The van der Waals surface area contributed by atoms with Crippen LogP contribution in [0.1, 0.15) is 5.56 Å². The van der Waals surface area contributed by atoms with Crippen LogP contribution in [0.15, 0.2) is 76.5 Å². The van der Waals surface area contributed by atoms with E-state index in [-0.39, 0.29) is 41.7 Å². The SMILES string of the molecule is Cc1ccc(S(=O)(=O)N2CCN(C(=O)CN3c4ccc(F)cc4-c4ccccc4S3(=O)=O)CC2)cc1. The van der Waals surface area contributed by atoms with E-state index in [1.165, 1.54) is 27.4 Å². The van der Waals surface area contributed by atoms with E-state index >= 15 is 0 Å². The minimum absolute atomic E-state index is 0.00455. The average Bonchev–Trinajstić information content (AvgIpc) is 2.87. The third kappa shape index (κ3) is 4.16. The second-order valence-electron chi connectivity index (χ2n) is 8.77. The Hall–Kier alpha value is -3.28. The monoisotopic (exact) mass is 529 g/mol. The fourth-order valence-corrected chi connectivity index (χ4v) is 7.60. The number of hydrogen-bond acceptors (Lipinski definition) is 5. The number of anilines is 1. The molecular weight excluding hydrogens is 505 g/mol. The summed E-state index contributed by atoms with van der Waals surface area (Å²) >= 11 is 0. The molecule has 1 saturated heterocycles. The largest absolute Gasteiger partial charge is 0.338 e. The molecule has 3 aromatic carbocycles. The molecule has 0 aliphatic carbocycles. The molecule has 11 heteroatoms. The zero-order valence-corrected chi connectivity index (χ0v) is 21.1. The van der Waals surface area contributed by atoms with Crippen molar-refractivity contribution in [2.24, 2.45) is 0 Å². The van der Waals surface area contributed by atoms with Gasteiger partial charge in [-0.15, -0.1) is 0 Å². The number of halogens is 1. The average molecular weight is 530 g/mol. The molecule has 1 amide bonds. The number of nitrogens with zero attached hydrogens (tertiary/aromatic N) is 3. The lowest BCUT2D eigenvalue weighted by atomic mass is 10.0. The lowest BCUT2D eigenvalue weighted by Crippen LogP contribution is -2.53. The van der Waals surface area contributed by atoms with E-state index in [2.05, 4.69) is 0 Å². The standard InChI is InChI=1S/C25H24FN3O5S2/c1-18-6-9-20(10-7-18)35(31,32)28-14-12-27(13-15-28)25(30)17-29-23-11-8-19(26)16-22(23)21-4-2-3-5-24(21)36(29,33)34/h2-11,16H,12-15,17H2,1H3. The molecular formula is C25H24FN3O5S2. The van der Waals surface area contributed by atoms with Crippen LogP contribution in [0.3, 0.4) is 0 Å². The third-order valence-corrected chi connectivity index (χ3v) is 10.2. The highest BCUT2D eigenvalue weighted by Crippen LogP contribution is 2.43. The first kappa shape index (κ1) is 24.4. The summed E-state index contributed by atoms with van der Waals surface area (Å²) < 4.78 is 69.1. The molecule has 2 heterocycles. The van der Waals surface area contributed by atoms with E-state index in [0.717, 1.165) is 15.9 Å². The van der Waals surface area contributed by atoms with Crippen molar-refractivity contribution in [1.82, 2.24) is 9.21 Å². The highest BCUT2D eigenvalue weighted by atomic mass is 32.2. The number of fused-ring (bicyclic) bond motifs is 3. The summed E-state index contributed by atoms with van der Waals surface area (Å²) in [6.45, 7) is 1.85. The lowest BCUT2D eigenvalue weighted by Gasteiger charge is -2.36. The number of aryl methyl sites for hydroxylation is 1. The Labute approximate surface area is 209 Å². The van der Waals surface area contributed by atoms with Gasteiger partial charge in [-0.25, -0.2) is 21.2 Å². The molecule has 0 atom stereocenters. The number of carbonyl (C=O) groups is 1. The summed E-state index contributed by atoms with van der Waals surface area (Å²) in [5, 5.41) is 0. The van der Waals surface area contributed by atoms with Crippen molar-refractivity contribution in [1.29, 1.82) is 0 Å². The smallest absolute Gasteiger partial charge is 0.265 e. The molecule has 36 heavy (non-hydrogen) atoms. The van der Waals surface area contributed by atoms with Gasteiger partial charge in [-0.3, -0.25) is 9.10 Å². The fraction of sp³-hybridized carbons (Fsp3) is 0.240. The summed E-state index contributed by atoms with van der Waals surface area (Å²) in [5.41, 5.74) is 1.95. The van der Waals surface area contributed by atoms with Crippen LogP contribution in [0, 0.1) is 12.7 Å². The zero-order valence-electron chi connectivity index (χ0n) is 19.5. The van der Waals surface area contributed by atoms with Gasteiger partial charge in [0.25, 0.3) is 10.0 Å². The van der Waals surface area contributed by atoms with Crippen molar-refractivity contribution in [3.05, 3.63) is 78.1 Å². The van der Waals surface area contributed by atoms with Crippen molar-refractivity contribution < 1.29 is 26.0 Å². The van der Waals surface area contributed by atoms with E-state index in [4.69, 9.17) is 0 Å². The normalized spacial score (nSPS) is 17.4. The van der Waals surface area contributed by atoms with Crippen LogP contribution in [-0.4, -0.2) is 64.7 Å². The first-order chi connectivity index (χ1) is 17.1. The number of piperazine rings is 1. The van der Waals surface area contributed by atoms with E-state index in [0.29, 0.717) is 11.1 Å². The Balaban J connectivity index is 1.35. The quantitative estimate of drug-likeness (QED) is 0.518. The van der Waals surface area contributed by atoms with E-state index in [9.17, 15) is 26.0 Å². The van der Waals surface area contributed by atoms with E-state index in [1.807, 2.05) is 6.92 Å². The second kappa shape index (κ2) is 8.99. The van der Waals surface area contributed by atoms with Gasteiger partial charge < -0.3 is 4.90 Å². The maximum atomic E-state index is 14.0. The molecule has 0 radical (unpaired) electrons. The molecule has 2 aliphatic rings. The zero-order chi connectivity index (χ0) is 25.7. The number of hydrogen-bond donors (Lipinski definition) is 0. The fourth-order valence-electron chi connectivity index (χ4n) is 4.53. The summed E-state index contributed by atoms with van der Waals surface area (Å²) in [6, 6.07) is 16.6. The van der Waals surface area contributed by atoms with Crippen molar-refractivity contribution in [3.63, 3.8) is 0 Å². The van der Waals surface area contributed by atoms with Gasteiger partial charge in [-0.05, 0) is 43.3 Å². The summed E-state index contributed by atoms with van der Waals surface area (Å²) in [7, 11) is -7.76. The maximum Gasteiger partial charge on any atom is 0.265 e. The van der Waals surface area contributed by atoms with Gasteiger partial charge in [0.1, 0.15) is 12.4 Å². The molecule has 5 rings (SSSR count). The number of sulfonamides is 2. The van der Waals surface area contributed by atoms with Crippen molar-refractivity contribution >= 4 is 31.6 Å². The van der Waals surface area contributed by atoms with Gasteiger partial charge in [0.2, 0.25) is 15.9 Å². The van der Waals surface area contributed by atoms with Gasteiger partial charge >= 0.3 is 0 Å². The predicted octanol–water partition coefficient (Wildman–Crippen LogP) is 2.84. The maximum absolute atomic E-state index is 14.0. The van der Waals surface area contributed by atoms with Crippen molar-refractivity contribution in [3.8, 4) is 11.1 Å². The molecule has 2 aliphatic heterocycles. The number of benzene rings is 3. The highest BCUT2D eigenvalue weighted by Gasteiger charge is 2.38. The lowest BCUT2D eigenvalue weighted by molar-refractivity contribution is -0.130. The van der Waals surface area contributed by atoms with Crippen molar-refractivity contribution in [2.75, 3.05) is 37.0 Å². The first-order valence-corrected chi connectivity index (χ1v) is 14.2. The Bertz CT molecular complexity index is 1550. The van der Waals surface area contributed by atoms with Crippen LogP contribution in [0.25, 0.3) is 11.1 Å². The van der Waals surface area contributed by atoms with Crippen LogP contribution in [0.2, 0.25) is 0 Å². The van der Waals surface area contributed by atoms with Gasteiger partial charge in [0.05, 0.1) is 15.5 Å².